The molecule has 5 rings (SSSR count). The van der Waals surface area contributed by atoms with E-state index in [9.17, 15) is 13.6 Å². The molecule has 1 amide bonds. The fourth-order valence-corrected chi connectivity index (χ4v) is 5.13. The van der Waals surface area contributed by atoms with E-state index in [4.69, 9.17) is 35.4 Å². The molecule has 4 N–H and O–H groups in total. The maximum atomic E-state index is 12.9. The normalized spacial score (nSPS) is 10.4. The lowest BCUT2D eigenvalue weighted by Gasteiger charge is -2.12. The molecule has 232 valence electrons. The van der Waals surface area contributed by atoms with E-state index in [-0.39, 0.29) is 27.5 Å². The smallest absolute Gasteiger partial charge is 0.289 e. The Bertz CT molecular complexity index is 1780. The Labute approximate surface area is 283 Å². The first kappa shape index (κ1) is 34.1. The molecule has 45 heavy (non-hydrogen) atoms. The molecule has 0 saturated carbocycles. The average Bonchev–Trinajstić information content (AvgIpc) is 3.51. The molecule has 2 aromatic carbocycles. The average molecular weight is 726 g/mol. The molecule has 0 aliphatic heterocycles. The van der Waals surface area contributed by atoms with Gasteiger partial charge in [0.05, 0.1) is 22.4 Å². The lowest BCUT2D eigenvalue weighted by Crippen LogP contribution is -2.44. The number of amides is 1. The van der Waals surface area contributed by atoms with Gasteiger partial charge < -0.3 is 10.6 Å². The van der Waals surface area contributed by atoms with E-state index in [1.165, 1.54) is 77.5 Å². The summed E-state index contributed by atoms with van der Waals surface area (Å²) < 4.78 is 25.7. The Kier molecular flexibility index (Phi) is 12.5. The molecule has 0 aliphatic carbocycles. The summed E-state index contributed by atoms with van der Waals surface area (Å²) in [5.74, 6) is -1.21. The molecular formula is C26H20Cl2F2N10OS4. The van der Waals surface area contributed by atoms with E-state index in [2.05, 4.69) is 51.6 Å². The number of hydrazine groups is 1. The van der Waals surface area contributed by atoms with Crippen molar-refractivity contribution in [1.29, 1.82) is 0 Å². The fourth-order valence-electron chi connectivity index (χ4n) is 3.10. The van der Waals surface area contributed by atoms with Crippen molar-refractivity contribution in [3.8, 4) is 10.7 Å². The van der Waals surface area contributed by atoms with Crippen LogP contribution in [-0.2, 0) is 0 Å². The summed E-state index contributed by atoms with van der Waals surface area (Å²) in [6, 6.07) is 11.6. The van der Waals surface area contributed by atoms with Gasteiger partial charge in [-0.1, -0.05) is 58.1 Å². The van der Waals surface area contributed by atoms with Gasteiger partial charge in [0.15, 0.2) is 26.1 Å². The lowest BCUT2D eigenvalue weighted by atomic mass is 10.3. The molecule has 19 heteroatoms. The molecule has 0 aliphatic rings. The van der Waals surface area contributed by atoms with E-state index in [1.54, 1.807) is 24.6 Å². The van der Waals surface area contributed by atoms with Crippen LogP contribution in [-0.4, -0.2) is 53.7 Å². The second-order valence-corrected chi connectivity index (χ2v) is 11.9. The molecule has 0 bridgehead atoms. The molecule has 11 nitrogen and oxygen atoms in total. The van der Waals surface area contributed by atoms with E-state index in [0.29, 0.717) is 36.9 Å². The topological polar surface area (TPSA) is 143 Å². The molecule has 0 radical (unpaired) electrons. The maximum Gasteiger partial charge on any atom is 0.289 e. The number of anilines is 3. The van der Waals surface area contributed by atoms with Crippen LogP contribution in [0.2, 0.25) is 10.0 Å². The summed E-state index contributed by atoms with van der Waals surface area (Å²) in [4.78, 5) is 28.4. The van der Waals surface area contributed by atoms with E-state index in [1.807, 2.05) is 6.26 Å². The lowest BCUT2D eigenvalue weighted by molar-refractivity contribution is 0.0938. The number of thiocarbonyl (C=S) groups is 1. The first-order valence-corrected chi connectivity index (χ1v) is 16.7. The summed E-state index contributed by atoms with van der Waals surface area (Å²) in [7, 11) is 0. The van der Waals surface area contributed by atoms with Crippen LogP contribution in [0.4, 0.5) is 25.3 Å². The van der Waals surface area contributed by atoms with Crippen molar-refractivity contribution >= 4 is 97.8 Å². The summed E-state index contributed by atoms with van der Waals surface area (Å²) in [5, 5.41) is 16.8. The van der Waals surface area contributed by atoms with Crippen molar-refractivity contribution in [3.63, 3.8) is 0 Å². The number of nitrogens with zero attached hydrogens (tertiary/aromatic N) is 6. The molecule has 0 atom stereocenters. The predicted octanol–water partition coefficient (Wildman–Crippen LogP) is 6.88. The highest BCUT2D eigenvalue weighted by Gasteiger charge is 2.15. The minimum absolute atomic E-state index is 0.0306. The molecule has 0 unspecified atom stereocenters. The van der Waals surface area contributed by atoms with Crippen LogP contribution >= 0.6 is 70.3 Å². The Morgan fingerprint density at radius 2 is 1.40 bits per heavy atom. The second-order valence-electron chi connectivity index (χ2n) is 8.19. The number of aromatic nitrogens is 6. The molecule has 3 heterocycles. The van der Waals surface area contributed by atoms with Crippen LogP contribution in [0.15, 0.2) is 71.2 Å². The van der Waals surface area contributed by atoms with Gasteiger partial charge in [-0.2, -0.15) is 0 Å². The van der Waals surface area contributed by atoms with Gasteiger partial charge in [0, 0.05) is 11.4 Å². The highest BCUT2D eigenvalue weighted by Crippen LogP contribution is 2.32. The highest BCUT2D eigenvalue weighted by molar-refractivity contribution is 7.98. The standard InChI is InChI=1S/C13H11ClFN5OS2.C13H9ClFN5S2/c1-23-13-16-6-9(14)10(18-13)11(21)19-20-12(22)17-8-4-2-7(15)3-5-8;1-21-12-16-6-9(14)10(18-12)11-19-20-13(22-11)17-8-4-2-7(15)3-5-8/h2-6H,1H3,(H,19,21)(H2,17,20,22);2-6H,1H3,(H,17,20). The van der Waals surface area contributed by atoms with Gasteiger partial charge in [-0.15, -0.1) is 10.2 Å². The predicted molar refractivity (Wildman–Crippen MR) is 179 cm³/mol. The first-order chi connectivity index (χ1) is 21.6. The SMILES string of the molecule is CSc1ncc(Cl)c(-c2nnc(Nc3ccc(F)cc3)s2)n1.CSc1ncc(Cl)c(C(=O)NNC(=S)Nc2ccc(F)cc2)n1. The highest BCUT2D eigenvalue weighted by atomic mass is 35.5. The second kappa shape index (κ2) is 16.5. The third-order valence-electron chi connectivity index (χ3n) is 5.14. The Morgan fingerprint density at radius 1 is 0.822 bits per heavy atom. The summed E-state index contributed by atoms with van der Waals surface area (Å²) >= 11 is 21.1. The number of rotatable bonds is 7. The third-order valence-corrected chi connectivity index (χ3v) is 7.87. The molecule has 3 aromatic heterocycles. The number of nitrogens with one attached hydrogen (secondary N) is 4. The zero-order chi connectivity index (χ0) is 32.3. The number of hydrogen-bond acceptors (Lipinski definition) is 12. The minimum atomic E-state index is -0.559. The molecule has 0 fully saturated rings. The first-order valence-electron chi connectivity index (χ1n) is 12.3. The van der Waals surface area contributed by atoms with Crippen LogP contribution < -0.4 is 21.5 Å². The monoisotopic (exact) mass is 724 g/mol. The number of carbonyl (C=O) groups excluding carboxylic acids is 1. The van der Waals surface area contributed by atoms with Crippen LogP contribution in [0.3, 0.4) is 0 Å². The molecular weight excluding hydrogens is 706 g/mol. The molecule has 0 saturated heterocycles. The number of benzene rings is 2. The number of thioether (sulfide) groups is 2. The van der Waals surface area contributed by atoms with Crippen LogP contribution in [0.5, 0.6) is 0 Å². The van der Waals surface area contributed by atoms with Gasteiger partial charge in [0.2, 0.25) is 5.13 Å². The van der Waals surface area contributed by atoms with Crippen molar-refractivity contribution in [2.24, 2.45) is 0 Å². The summed E-state index contributed by atoms with van der Waals surface area (Å²) in [6.07, 6.45) is 6.56. The van der Waals surface area contributed by atoms with Crippen molar-refractivity contribution in [2.45, 2.75) is 10.3 Å². The summed E-state index contributed by atoms with van der Waals surface area (Å²) in [5.41, 5.74) is 6.76. The largest absolute Gasteiger partial charge is 0.331 e. The molecule has 0 spiro atoms. The zero-order valence-corrected chi connectivity index (χ0v) is 27.8. The Hall–Kier alpha value is -3.74. The van der Waals surface area contributed by atoms with Crippen LogP contribution in [0.25, 0.3) is 10.7 Å². The number of hydrogen-bond donors (Lipinski definition) is 4. The van der Waals surface area contributed by atoms with E-state index in [0.717, 1.165) is 5.69 Å². The van der Waals surface area contributed by atoms with Gasteiger partial charge >= 0.3 is 0 Å². The van der Waals surface area contributed by atoms with Crippen molar-refractivity contribution in [2.75, 3.05) is 23.1 Å². The number of halogens is 4. The van der Waals surface area contributed by atoms with Crippen molar-refractivity contribution in [3.05, 3.63) is 88.3 Å². The van der Waals surface area contributed by atoms with Gasteiger partial charge in [-0.05, 0) is 73.3 Å². The van der Waals surface area contributed by atoms with E-state index >= 15 is 0 Å². The van der Waals surface area contributed by atoms with E-state index < -0.39 is 5.91 Å². The van der Waals surface area contributed by atoms with Gasteiger partial charge in [-0.25, -0.2) is 28.7 Å². The number of carbonyl (C=O) groups is 1. The van der Waals surface area contributed by atoms with Crippen LogP contribution in [0.1, 0.15) is 10.5 Å². The van der Waals surface area contributed by atoms with Gasteiger partial charge in [-0.3, -0.25) is 15.6 Å². The van der Waals surface area contributed by atoms with Gasteiger partial charge in [0.25, 0.3) is 5.91 Å². The zero-order valence-electron chi connectivity index (χ0n) is 23.0. The van der Waals surface area contributed by atoms with Crippen LogP contribution in [0, 0.1) is 11.6 Å². The Balaban J connectivity index is 0.000000205. The van der Waals surface area contributed by atoms with Crippen molar-refractivity contribution in [1.82, 2.24) is 41.0 Å². The molecule has 5 aromatic rings. The summed E-state index contributed by atoms with van der Waals surface area (Å²) in [6.45, 7) is 0. The Morgan fingerprint density at radius 3 is 2.02 bits per heavy atom. The minimum Gasteiger partial charge on any atom is -0.331 e. The van der Waals surface area contributed by atoms with Crippen molar-refractivity contribution < 1.29 is 13.6 Å². The fraction of sp³-hybridized carbons (Fsp3) is 0.0769. The quantitative estimate of drug-likeness (QED) is 0.0600. The maximum absolute atomic E-state index is 12.9. The van der Waals surface area contributed by atoms with Gasteiger partial charge in [0.1, 0.15) is 17.3 Å². The third kappa shape index (κ3) is 10.1.